The van der Waals surface area contributed by atoms with Gasteiger partial charge in [-0.2, -0.15) is 0 Å². The lowest BCUT2D eigenvalue weighted by atomic mass is 9.96. The van der Waals surface area contributed by atoms with Crippen LogP contribution in [0.15, 0.2) is 42.5 Å². The van der Waals surface area contributed by atoms with E-state index in [-0.39, 0.29) is 30.1 Å². The van der Waals surface area contributed by atoms with Crippen molar-refractivity contribution in [2.75, 3.05) is 19.8 Å². The lowest BCUT2D eigenvalue weighted by Gasteiger charge is -2.47. The molecule has 5 rings (SSSR count). The zero-order valence-electron chi connectivity index (χ0n) is 29.2. The van der Waals surface area contributed by atoms with Crippen molar-refractivity contribution in [1.29, 1.82) is 0 Å². The van der Waals surface area contributed by atoms with E-state index < -0.39 is 123 Å². The third kappa shape index (κ3) is 10.0. The number of hydrogen-bond donors (Lipinski definition) is 12. The fraction of sp³-hybridized carbons (Fsp3) is 0.571. The van der Waals surface area contributed by atoms with Crippen LogP contribution in [-0.2, 0) is 44.4 Å². The van der Waals surface area contributed by atoms with E-state index in [1.54, 1.807) is 0 Å². The number of esters is 1. The largest absolute Gasteiger partial charge is 0.504 e. The number of benzene rings is 2. The molecule has 55 heavy (non-hydrogen) atoms. The summed E-state index contributed by atoms with van der Waals surface area (Å²) in [5.74, 6) is -2.71. The van der Waals surface area contributed by atoms with Crippen molar-refractivity contribution in [3.05, 3.63) is 53.6 Å². The summed E-state index contributed by atoms with van der Waals surface area (Å²) in [6.07, 6.45) is -22.6. The van der Waals surface area contributed by atoms with Gasteiger partial charge in [0.2, 0.25) is 0 Å². The molecule has 12 N–H and O–H groups in total. The fourth-order valence-corrected chi connectivity index (χ4v) is 6.14. The van der Waals surface area contributed by atoms with E-state index in [2.05, 4.69) is 0 Å². The highest BCUT2D eigenvalue weighted by atomic mass is 16.8. The summed E-state index contributed by atoms with van der Waals surface area (Å²) in [5, 5.41) is 123. The van der Waals surface area contributed by atoms with Crippen molar-refractivity contribution in [2.45, 2.75) is 105 Å². The number of aromatic hydroxyl groups is 4. The van der Waals surface area contributed by atoms with Gasteiger partial charge in [0.1, 0.15) is 61.0 Å². The van der Waals surface area contributed by atoms with Gasteiger partial charge in [-0.3, -0.25) is 0 Å². The molecule has 3 aliphatic heterocycles. The number of hydrogen-bond acceptors (Lipinski definition) is 20. The van der Waals surface area contributed by atoms with Crippen LogP contribution < -0.4 is 0 Å². The Morgan fingerprint density at radius 2 is 1.29 bits per heavy atom. The summed E-state index contributed by atoms with van der Waals surface area (Å²) < 4.78 is 40.2. The Balaban J connectivity index is 1.43. The predicted molar refractivity (Wildman–Crippen MR) is 180 cm³/mol. The first-order valence-electron chi connectivity index (χ1n) is 17.2. The van der Waals surface area contributed by atoms with Crippen LogP contribution in [0.1, 0.15) is 18.1 Å². The van der Waals surface area contributed by atoms with Crippen molar-refractivity contribution in [2.24, 2.45) is 0 Å². The fourth-order valence-electron chi connectivity index (χ4n) is 6.14. The molecule has 306 valence electrons. The molecule has 2 aromatic rings. The average molecular weight is 787 g/mol. The Labute approximate surface area is 313 Å². The van der Waals surface area contributed by atoms with E-state index in [4.69, 9.17) is 33.2 Å². The first kappa shape index (κ1) is 42.4. The molecule has 20 nitrogen and oxygen atoms in total. The predicted octanol–water partition coefficient (Wildman–Crippen LogP) is -3.19. The van der Waals surface area contributed by atoms with Crippen molar-refractivity contribution >= 4 is 12.0 Å². The Hall–Kier alpha value is -3.71. The van der Waals surface area contributed by atoms with E-state index >= 15 is 0 Å². The summed E-state index contributed by atoms with van der Waals surface area (Å²) in [4.78, 5) is 13.3. The number of phenols is 4. The lowest BCUT2D eigenvalue weighted by Crippen LogP contribution is -2.65. The second-order valence-corrected chi connectivity index (χ2v) is 13.3. The summed E-state index contributed by atoms with van der Waals surface area (Å²) in [6.45, 7) is -0.254. The summed E-state index contributed by atoms with van der Waals surface area (Å²) in [6, 6.07) is 7.75. The summed E-state index contributed by atoms with van der Waals surface area (Å²) in [7, 11) is 0. The molecular formula is C35H46O20. The number of phenolic OH excluding ortho intramolecular Hbond substituents is 4. The Morgan fingerprint density at radius 3 is 1.96 bits per heavy atom. The van der Waals surface area contributed by atoms with Gasteiger partial charge in [-0.05, 0) is 54.8 Å². The summed E-state index contributed by atoms with van der Waals surface area (Å²) >= 11 is 0. The summed E-state index contributed by atoms with van der Waals surface area (Å²) in [5.41, 5.74) is 0.773. The maximum Gasteiger partial charge on any atom is 0.331 e. The van der Waals surface area contributed by atoms with Crippen LogP contribution in [0.3, 0.4) is 0 Å². The van der Waals surface area contributed by atoms with Crippen LogP contribution in [0, 0.1) is 0 Å². The Morgan fingerprint density at radius 1 is 0.673 bits per heavy atom. The number of aliphatic hydroxyl groups is 8. The van der Waals surface area contributed by atoms with Gasteiger partial charge < -0.3 is 94.4 Å². The minimum absolute atomic E-state index is 0.111. The standard InChI is InChI=1S/C35H46O20/c1-14-24(42)26(44)29(47)35(51-14)55-32-30(48)34(49-9-8-16-3-6-18(38)20(40)11-16)53-22(13-50-33-28(46)27(45)25(43)21(12-36)52-33)31(32)54-23(41)7-4-15-2-5-17(37)19(39)10-15/h2-7,10-11,14,21-22,24-40,42-48H,8-9,12-13H2,1H3/b7-4-/t14-,21+,22+,24-,25-,26+,27+,28+,29-,30+,31+,32+,33-,34+,35-/m0/s1. The SMILES string of the molecule is C[C@@H]1O[C@@H](O[C@@H]2[C@@H](O)[C@H](OCCc3ccc(O)c(O)c3)O[C@H](CO[C@H]3O[C@H](CO)[C@H](O)[C@@H](O)[C@H]3O)[C@H]2OC(=O)/C=C\c2ccc(O)c(O)c2)[C@@H](O)[C@H](O)[C@H]1O. The molecular weight excluding hydrogens is 740 g/mol. The smallest absolute Gasteiger partial charge is 0.331 e. The molecule has 0 bridgehead atoms. The van der Waals surface area contributed by atoms with Crippen LogP contribution in [0.4, 0.5) is 0 Å². The van der Waals surface area contributed by atoms with Crippen LogP contribution in [0.25, 0.3) is 6.08 Å². The molecule has 0 radical (unpaired) electrons. The molecule has 3 fully saturated rings. The maximum absolute atomic E-state index is 13.3. The van der Waals surface area contributed by atoms with Gasteiger partial charge in [0, 0.05) is 6.08 Å². The van der Waals surface area contributed by atoms with E-state index in [0.29, 0.717) is 5.56 Å². The second-order valence-electron chi connectivity index (χ2n) is 13.3. The minimum atomic E-state index is -1.88. The van der Waals surface area contributed by atoms with E-state index in [9.17, 15) is 66.1 Å². The van der Waals surface area contributed by atoms with E-state index in [0.717, 1.165) is 12.1 Å². The highest BCUT2D eigenvalue weighted by Crippen LogP contribution is 2.33. The molecule has 3 heterocycles. The number of ether oxygens (including phenoxy) is 7. The van der Waals surface area contributed by atoms with Crippen LogP contribution in [-0.4, -0.2) is 179 Å². The first-order valence-corrected chi connectivity index (χ1v) is 17.2. The van der Waals surface area contributed by atoms with E-state index in [1.165, 1.54) is 43.3 Å². The average Bonchev–Trinajstić information content (AvgIpc) is 3.16. The van der Waals surface area contributed by atoms with Crippen molar-refractivity contribution in [1.82, 2.24) is 0 Å². The van der Waals surface area contributed by atoms with Crippen LogP contribution >= 0.6 is 0 Å². The van der Waals surface area contributed by atoms with Gasteiger partial charge in [-0.1, -0.05) is 12.1 Å². The van der Waals surface area contributed by atoms with Crippen LogP contribution in [0.2, 0.25) is 0 Å². The van der Waals surface area contributed by atoms with Gasteiger partial charge in [-0.25, -0.2) is 4.79 Å². The molecule has 3 saturated heterocycles. The topological polar surface area (TPSA) is 324 Å². The minimum Gasteiger partial charge on any atom is -0.504 e. The van der Waals surface area contributed by atoms with Crippen molar-refractivity contribution < 1.29 is 99.2 Å². The Kier molecular flexibility index (Phi) is 14.3. The van der Waals surface area contributed by atoms with Gasteiger partial charge >= 0.3 is 5.97 Å². The molecule has 20 heteroatoms. The van der Waals surface area contributed by atoms with Gasteiger partial charge in [0.05, 0.1) is 25.9 Å². The highest BCUT2D eigenvalue weighted by Gasteiger charge is 2.53. The zero-order valence-corrected chi connectivity index (χ0v) is 29.2. The number of rotatable bonds is 13. The maximum atomic E-state index is 13.3. The quantitative estimate of drug-likeness (QED) is 0.0541. The van der Waals surface area contributed by atoms with Crippen molar-refractivity contribution in [3.63, 3.8) is 0 Å². The van der Waals surface area contributed by atoms with Gasteiger partial charge in [0.25, 0.3) is 0 Å². The van der Waals surface area contributed by atoms with Gasteiger partial charge in [-0.15, -0.1) is 0 Å². The third-order valence-electron chi connectivity index (χ3n) is 9.36. The monoisotopic (exact) mass is 786 g/mol. The normalized spacial score (nSPS) is 36.9. The number of carbonyl (C=O) groups excluding carboxylic acids is 1. The molecule has 15 atom stereocenters. The third-order valence-corrected chi connectivity index (χ3v) is 9.36. The zero-order chi connectivity index (χ0) is 40.1. The van der Waals surface area contributed by atoms with E-state index in [1.807, 2.05) is 0 Å². The molecule has 0 aliphatic carbocycles. The molecule has 0 aromatic heterocycles. The first-order chi connectivity index (χ1) is 26.1. The molecule has 3 aliphatic rings. The van der Waals surface area contributed by atoms with Crippen LogP contribution in [0.5, 0.6) is 23.0 Å². The Bertz CT molecular complexity index is 1610. The molecule has 0 saturated carbocycles. The lowest BCUT2D eigenvalue weighted by molar-refractivity contribution is -0.364. The molecule has 0 amide bonds. The number of carbonyl (C=O) groups is 1. The molecule has 0 spiro atoms. The molecule has 0 unspecified atom stereocenters. The van der Waals surface area contributed by atoms with Crippen molar-refractivity contribution in [3.8, 4) is 23.0 Å². The van der Waals surface area contributed by atoms with Gasteiger partial charge in [0.15, 0.2) is 48.0 Å². The molecule has 2 aromatic carbocycles. The second kappa shape index (κ2) is 18.5. The highest BCUT2D eigenvalue weighted by molar-refractivity contribution is 5.87. The number of aliphatic hydroxyl groups excluding tert-OH is 8.